The van der Waals surface area contributed by atoms with Crippen molar-refractivity contribution in [3.8, 4) is 0 Å². The van der Waals surface area contributed by atoms with E-state index in [0.29, 0.717) is 0 Å². The molecule has 0 aromatic carbocycles. The number of oxime groups is 1. The van der Waals surface area contributed by atoms with Gasteiger partial charge in [0.05, 0.1) is 12.3 Å². The number of esters is 1. The number of amides is 2. The fourth-order valence-corrected chi connectivity index (χ4v) is 6.35. The Morgan fingerprint density at radius 3 is 2.74 bits per heavy atom. The number of aromatic nitrogens is 1. The Hall–Kier alpha value is -3.60. The van der Waals surface area contributed by atoms with Crippen molar-refractivity contribution in [2.75, 3.05) is 11.5 Å². The molecule has 0 spiro atoms. The highest BCUT2D eigenvalue weighted by atomic mass is 32.2. The molecule has 3 aliphatic rings. The van der Waals surface area contributed by atoms with E-state index < -0.39 is 75.4 Å². The van der Waals surface area contributed by atoms with E-state index in [-0.39, 0.29) is 23.0 Å². The van der Waals surface area contributed by atoms with Gasteiger partial charge in [-0.2, -0.15) is 0 Å². The number of anilines is 1. The third kappa shape index (κ3) is 3.56. The summed E-state index contributed by atoms with van der Waals surface area (Å²) in [6.07, 6.45) is -1.73. The number of nitrogens with zero attached hydrogens (tertiary/aromatic N) is 3. The number of carboxylic acids is 2. The summed E-state index contributed by atoms with van der Waals surface area (Å²) in [5, 5.41) is 24.7. The number of β-lactam (4-membered cyclic amide) rings is 1. The first-order valence-corrected chi connectivity index (χ1v) is 11.9. The molecule has 4 rings (SSSR count). The van der Waals surface area contributed by atoms with Crippen LogP contribution in [0.4, 0.5) is 5.13 Å². The van der Waals surface area contributed by atoms with Gasteiger partial charge in [0.25, 0.3) is 17.5 Å². The van der Waals surface area contributed by atoms with Crippen LogP contribution in [0, 0.1) is 5.92 Å². The first kappa shape index (κ1) is 23.6. The van der Waals surface area contributed by atoms with Gasteiger partial charge < -0.3 is 30.8 Å². The molecule has 0 radical (unpaired) electrons. The minimum absolute atomic E-state index is 0.0681. The summed E-state index contributed by atoms with van der Waals surface area (Å²) < 4.78 is 17.8. The summed E-state index contributed by atoms with van der Waals surface area (Å²) in [6, 6.07) is -1.43. The minimum atomic E-state index is -2.30. The van der Waals surface area contributed by atoms with Gasteiger partial charge in [-0.3, -0.25) is 23.5 Å². The fourth-order valence-electron chi connectivity index (χ4n) is 3.88. The summed E-state index contributed by atoms with van der Waals surface area (Å²) in [6.45, 7) is 1.17. The highest BCUT2D eigenvalue weighted by Gasteiger charge is 2.73. The number of nitrogens with one attached hydrogen (secondary N) is 1. The van der Waals surface area contributed by atoms with Crippen LogP contribution in [0.15, 0.2) is 10.5 Å². The molecule has 4 heterocycles. The van der Waals surface area contributed by atoms with Gasteiger partial charge >= 0.3 is 17.9 Å². The Bertz CT molecular complexity index is 1170. The van der Waals surface area contributed by atoms with E-state index in [1.807, 2.05) is 0 Å². The largest absolute Gasteiger partial charge is 0.478 e. The van der Waals surface area contributed by atoms with Crippen LogP contribution >= 0.6 is 11.3 Å². The smallest absolute Gasteiger partial charge is 0.370 e. The molecule has 34 heavy (non-hydrogen) atoms. The number of nitrogens with two attached hydrogens (primary N) is 1. The van der Waals surface area contributed by atoms with Gasteiger partial charge in [0.15, 0.2) is 10.8 Å². The number of hydrogen-bond acceptors (Lipinski definition) is 12. The normalized spacial score (nSPS) is 31.0. The van der Waals surface area contributed by atoms with Crippen LogP contribution in [0.25, 0.3) is 0 Å². The maximum absolute atomic E-state index is 12.9. The van der Waals surface area contributed by atoms with Gasteiger partial charge in [-0.15, -0.1) is 11.3 Å². The topological polar surface area (TPSA) is 228 Å². The lowest BCUT2D eigenvalue weighted by atomic mass is 9.89. The Morgan fingerprint density at radius 2 is 2.15 bits per heavy atom. The number of thiazole rings is 1. The van der Waals surface area contributed by atoms with Gasteiger partial charge in [0, 0.05) is 21.9 Å². The van der Waals surface area contributed by atoms with Crippen LogP contribution < -0.4 is 11.1 Å². The van der Waals surface area contributed by atoms with Gasteiger partial charge in [-0.05, 0) is 6.92 Å². The molecule has 3 saturated heterocycles. The SMILES string of the molecule is C[C@H](O/N=C(\C(=O)N[C@@H]1C(=O)N2[C@@H]1[S@@](=O)C[C@@H]1CC(=O)O[C@@]12C(=O)O)c1csc(N)n1)C(=O)O. The van der Waals surface area contributed by atoms with Crippen LogP contribution in [0.1, 0.15) is 19.0 Å². The summed E-state index contributed by atoms with van der Waals surface area (Å²) in [4.78, 5) is 70.1. The number of rotatable bonds is 7. The molecule has 3 fully saturated rings. The quantitative estimate of drug-likeness (QED) is 0.130. The molecule has 5 N–H and O–H groups in total. The summed E-state index contributed by atoms with van der Waals surface area (Å²) in [7, 11) is -1.82. The van der Waals surface area contributed by atoms with E-state index in [9.17, 15) is 33.3 Å². The standard InChI is InChI=1S/C17H17N5O10S2/c1-5(14(26)27)32-21-9(7-3-33-16(18)19-7)11(24)20-10-12(25)22-13(10)34(30)4-6-2-8(23)31-17(6,22)15(28)29/h3,5-6,10,13H,2,4H2,1H3,(H2,18,19)(H,20,24)(H,26,27)(H,28,29)/b21-9-/t5-,6-,10+,13+,17+,34-/m0/s1. The molecule has 0 aliphatic carbocycles. The Morgan fingerprint density at radius 1 is 1.44 bits per heavy atom. The van der Waals surface area contributed by atoms with E-state index in [2.05, 4.69) is 15.5 Å². The molecule has 6 atom stereocenters. The van der Waals surface area contributed by atoms with E-state index in [4.69, 9.17) is 20.4 Å². The highest BCUT2D eigenvalue weighted by Crippen LogP contribution is 2.47. The lowest BCUT2D eigenvalue weighted by Crippen LogP contribution is -2.83. The van der Waals surface area contributed by atoms with E-state index in [0.717, 1.165) is 16.2 Å². The van der Waals surface area contributed by atoms with Crippen molar-refractivity contribution in [3.63, 3.8) is 0 Å². The second-order valence-corrected chi connectivity index (χ2v) is 10.0. The molecule has 0 saturated carbocycles. The maximum Gasteiger partial charge on any atom is 0.370 e. The first-order chi connectivity index (χ1) is 16.0. The van der Waals surface area contributed by atoms with Crippen LogP contribution in [-0.2, 0) is 44.3 Å². The summed E-state index contributed by atoms with van der Waals surface area (Å²) in [5.41, 5.74) is 2.70. The minimum Gasteiger partial charge on any atom is -0.478 e. The second kappa shape index (κ2) is 8.32. The molecule has 3 aliphatic heterocycles. The molecule has 182 valence electrons. The molecule has 17 heteroatoms. The number of hydrogen-bond donors (Lipinski definition) is 4. The average Bonchev–Trinajstić information content (AvgIpc) is 3.33. The van der Waals surface area contributed by atoms with E-state index >= 15 is 0 Å². The third-order valence-corrected chi connectivity index (χ3v) is 7.92. The van der Waals surface area contributed by atoms with Gasteiger partial charge in [0.2, 0.25) is 6.10 Å². The fraction of sp³-hybridized carbons (Fsp3) is 0.471. The third-order valence-electron chi connectivity index (χ3n) is 5.49. The molecule has 1 aromatic rings. The summed E-state index contributed by atoms with van der Waals surface area (Å²) >= 11 is 0.958. The highest BCUT2D eigenvalue weighted by molar-refractivity contribution is 7.85. The van der Waals surface area contributed by atoms with Crippen molar-refractivity contribution >= 4 is 62.7 Å². The lowest BCUT2D eigenvalue weighted by molar-refractivity contribution is -0.216. The molecule has 2 amide bonds. The molecule has 1 aromatic heterocycles. The van der Waals surface area contributed by atoms with Crippen molar-refractivity contribution < 1.29 is 48.0 Å². The number of carbonyl (C=O) groups excluding carboxylic acids is 3. The lowest BCUT2D eigenvalue weighted by Gasteiger charge is -2.56. The molecule has 0 unspecified atom stereocenters. The molecular formula is C17H17N5O10S2. The Balaban J connectivity index is 1.60. The van der Waals surface area contributed by atoms with E-state index in [1.165, 1.54) is 12.3 Å². The number of carboxylic acid groups (broad SMARTS) is 2. The predicted octanol–water partition coefficient (Wildman–Crippen LogP) is -2.32. The zero-order valence-corrected chi connectivity index (χ0v) is 18.8. The van der Waals surface area contributed by atoms with Gasteiger partial charge in [-0.25, -0.2) is 14.6 Å². The van der Waals surface area contributed by atoms with Crippen LogP contribution in [-0.4, -0.2) is 88.7 Å². The predicted molar refractivity (Wildman–Crippen MR) is 111 cm³/mol. The molecular weight excluding hydrogens is 498 g/mol. The number of nitrogen functional groups attached to an aromatic ring is 1. The van der Waals surface area contributed by atoms with Crippen LogP contribution in [0.3, 0.4) is 0 Å². The first-order valence-electron chi connectivity index (χ1n) is 9.61. The maximum atomic E-state index is 12.9. The number of fused-ring (bicyclic) bond motifs is 3. The molecule has 0 bridgehead atoms. The zero-order chi connectivity index (χ0) is 24.9. The van der Waals surface area contributed by atoms with Crippen molar-refractivity contribution in [1.82, 2.24) is 15.2 Å². The van der Waals surface area contributed by atoms with Gasteiger partial charge in [-0.1, -0.05) is 5.16 Å². The zero-order valence-electron chi connectivity index (χ0n) is 17.2. The van der Waals surface area contributed by atoms with Gasteiger partial charge in [0.1, 0.15) is 17.1 Å². The van der Waals surface area contributed by atoms with Crippen LogP contribution in [0.2, 0.25) is 0 Å². The molecule has 15 nitrogen and oxygen atoms in total. The van der Waals surface area contributed by atoms with Crippen molar-refractivity contribution in [1.29, 1.82) is 0 Å². The van der Waals surface area contributed by atoms with Crippen molar-refractivity contribution in [3.05, 3.63) is 11.1 Å². The monoisotopic (exact) mass is 515 g/mol. The van der Waals surface area contributed by atoms with Crippen molar-refractivity contribution in [2.24, 2.45) is 11.1 Å². The van der Waals surface area contributed by atoms with Crippen LogP contribution in [0.5, 0.6) is 0 Å². The number of ether oxygens (including phenoxy) is 1. The second-order valence-electron chi connectivity index (χ2n) is 7.57. The Labute approximate surface area is 196 Å². The van der Waals surface area contributed by atoms with E-state index in [1.54, 1.807) is 0 Å². The summed E-state index contributed by atoms with van der Waals surface area (Å²) in [5.74, 6) is -6.98. The number of carbonyl (C=O) groups is 5. The Kier molecular flexibility index (Phi) is 5.76. The van der Waals surface area contributed by atoms with Crippen molar-refractivity contribution in [2.45, 2.75) is 36.6 Å². The average molecular weight is 515 g/mol. The number of aliphatic carboxylic acids is 2.